The Hall–Kier alpha value is -2.98. The van der Waals surface area contributed by atoms with Gasteiger partial charge in [-0.25, -0.2) is 0 Å². The number of ketones is 1. The molecule has 3 atom stereocenters. The van der Waals surface area contributed by atoms with Gasteiger partial charge in [-0.15, -0.1) is 0 Å². The summed E-state index contributed by atoms with van der Waals surface area (Å²) in [6, 6.07) is 5.40. The highest BCUT2D eigenvalue weighted by Gasteiger charge is 2.55. The number of aliphatic hydroxyl groups is 1. The summed E-state index contributed by atoms with van der Waals surface area (Å²) in [5.74, 6) is -1.06. The number of benzene rings is 1. The second-order valence-electron chi connectivity index (χ2n) is 12.1. The summed E-state index contributed by atoms with van der Waals surface area (Å²) in [6.07, 6.45) is 4.30. The molecule has 2 N–H and O–H groups in total. The Morgan fingerprint density at radius 1 is 1.02 bits per heavy atom. The van der Waals surface area contributed by atoms with Crippen LogP contribution in [0.3, 0.4) is 0 Å². The second-order valence-corrected chi connectivity index (χ2v) is 12.1. The number of carbonyl (C=O) groups is 4. The fourth-order valence-corrected chi connectivity index (χ4v) is 6.74. The number of nitrogens with zero attached hydrogens (tertiary/aromatic N) is 3. The van der Waals surface area contributed by atoms with Crippen molar-refractivity contribution >= 4 is 29.2 Å². The van der Waals surface area contributed by atoms with Crippen LogP contribution in [0.1, 0.15) is 69.2 Å². The van der Waals surface area contributed by atoms with Crippen LogP contribution in [0, 0.1) is 5.92 Å². The van der Waals surface area contributed by atoms with E-state index < -0.39 is 23.7 Å². The lowest BCUT2D eigenvalue weighted by molar-refractivity contribution is -0.156. The van der Waals surface area contributed by atoms with Crippen LogP contribution >= 0.6 is 0 Å². The summed E-state index contributed by atoms with van der Waals surface area (Å²) in [7, 11) is 0. The molecule has 3 unspecified atom stereocenters. The molecule has 4 fully saturated rings. The molecule has 3 aliphatic heterocycles. The third-order valence-corrected chi connectivity index (χ3v) is 8.86. The lowest BCUT2D eigenvalue weighted by Gasteiger charge is -2.36. The molecule has 3 amide bonds. The number of nitrogens with one attached hydrogen (secondary N) is 1. The molecular weight excluding hydrogens is 512 g/mol. The van der Waals surface area contributed by atoms with Crippen molar-refractivity contribution < 1.29 is 29.0 Å². The van der Waals surface area contributed by atoms with Crippen molar-refractivity contribution in [1.82, 2.24) is 15.1 Å². The number of amides is 3. The van der Waals surface area contributed by atoms with Crippen LogP contribution in [0.15, 0.2) is 24.3 Å². The molecule has 3 heterocycles. The lowest BCUT2D eigenvalue weighted by Crippen LogP contribution is -2.54. The Balaban J connectivity index is 1.27. The highest BCUT2D eigenvalue weighted by atomic mass is 16.5. The summed E-state index contributed by atoms with van der Waals surface area (Å²) >= 11 is 0. The van der Waals surface area contributed by atoms with Crippen LogP contribution in [-0.4, -0.2) is 102 Å². The van der Waals surface area contributed by atoms with E-state index in [0.717, 1.165) is 38.0 Å². The molecule has 0 radical (unpaired) electrons. The molecule has 1 saturated carbocycles. The Morgan fingerprint density at radius 3 is 2.35 bits per heavy atom. The van der Waals surface area contributed by atoms with E-state index in [2.05, 4.69) is 10.2 Å². The van der Waals surface area contributed by atoms with Gasteiger partial charge in [-0.3, -0.25) is 19.2 Å². The van der Waals surface area contributed by atoms with Gasteiger partial charge in [-0.2, -0.15) is 0 Å². The van der Waals surface area contributed by atoms with E-state index in [4.69, 9.17) is 4.74 Å². The average Bonchev–Trinajstić information content (AvgIpc) is 3.54. The van der Waals surface area contributed by atoms with E-state index in [1.807, 2.05) is 26.0 Å². The zero-order valence-electron chi connectivity index (χ0n) is 23.6. The molecule has 0 aromatic heterocycles. The molecule has 40 heavy (non-hydrogen) atoms. The molecule has 0 bridgehead atoms. The van der Waals surface area contributed by atoms with E-state index >= 15 is 0 Å². The minimum atomic E-state index is -1.42. The largest absolute Gasteiger partial charge is 0.380 e. The van der Waals surface area contributed by atoms with Gasteiger partial charge in [0.15, 0.2) is 5.78 Å². The molecule has 10 heteroatoms. The average molecular weight is 555 g/mol. The third-order valence-electron chi connectivity index (χ3n) is 8.86. The highest BCUT2D eigenvalue weighted by molar-refractivity contribution is 6.01. The second kappa shape index (κ2) is 11.9. The number of anilines is 1. The molecule has 3 saturated heterocycles. The maximum Gasteiger partial charge on any atom is 0.255 e. The van der Waals surface area contributed by atoms with Gasteiger partial charge in [0.05, 0.1) is 25.8 Å². The van der Waals surface area contributed by atoms with Crippen molar-refractivity contribution in [2.75, 3.05) is 44.3 Å². The van der Waals surface area contributed by atoms with Crippen molar-refractivity contribution in [3.63, 3.8) is 0 Å². The fraction of sp³-hybridized carbons (Fsp3) is 0.667. The first kappa shape index (κ1) is 28.5. The van der Waals surface area contributed by atoms with E-state index in [0.29, 0.717) is 51.0 Å². The van der Waals surface area contributed by atoms with Crippen molar-refractivity contribution in [3.05, 3.63) is 29.8 Å². The molecule has 4 aliphatic rings. The SMILES string of the molecule is CC(C)CC(NC(=O)c1ccc(N2CCOCC2)cc1)C(=O)N1CCC2C1C(=O)CN2C(=O)C1(O)CCCCC1. The predicted molar refractivity (Wildman–Crippen MR) is 149 cm³/mol. The number of carbonyl (C=O) groups excluding carboxylic acids is 4. The molecule has 218 valence electrons. The van der Waals surface area contributed by atoms with Gasteiger partial charge in [-0.05, 0) is 55.9 Å². The van der Waals surface area contributed by atoms with Crippen LogP contribution in [0.5, 0.6) is 0 Å². The molecule has 5 rings (SSSR count). The van der Waals surface area contributed by atoms with E-state index in [1.165, 1.54) is 4.90 Å². The lowest BCUT2D eigenvalue weighted by atomic mass is 9.83. The van der Waals surface area contributed by atoms with Gasteiger partial charge < -0.3 is 29.9 Å². The van der Waals surface area contributed by atoms with Crippen LogP contribution in [-0.2, 0) is 19.1 Å². The quantitative estimate of drug-likeness (QED) is 0.527. The van der Waals surface area contributed by atoms with Crippen LogP contribution < -0.4 is 10.2 Å². The number of hydrogen-bond acceptors (Lipinski definition) is 7. The predicted octanol–water partition coefficient (Wildman–Crippen LogP) is 1.74. The molecule has 1 aromatic rings. The number of ether oxygens (including phenoxy) is 1. The first-order valence-corrected chi connectivity index (χ1v) is 14.8. The Labute approximate surface area is 236 Å². The number of fused-ring (bicyclic) bond motifs is 1. The molecular formula is C30H42N4O6. The van der Waals surface area contributed by atoms with E-state index in [-0.39, 0.29) is 36.0 Å². The number of Topliss-reactive ketones (excluding diaryl/α,β-unsaturated/α-hetero) is 1. The number of morpholine rings is 1. The first-order chi connectivity index (χ1) is 19.2. The van der Waals surface area contributed by atoms with Crippen LogP contribution in [0.25, 0.3) is 0 Å². The smallest absolute Gasteiger partial charge is 0.255 e. The highest BCUT2D eigenvalue weighted by Crippen LogP contribution is 2.36. The summed E-state index contributed by atoms with van der Waals surface area (Å²) in [4.78, 5) is 58.8. The Kier molecular flexibility index (Phi) is 8.47. The first-order valence-electron chi connectivity index (χ1n) is 14.8. The molecule has 0 spiro atoms. The maximum absolute atomic E-state index is 13.8. The standard InChI is InChI=1S/C30H42N4O6/c1-20(2)18-23(31-27(36)21-6-8-22(9-7-21)32-14-16-40-17-15-32)28(37)33-13-10-24-26(33)25(35)19-34(24)29(38)30(39)11-4-3-5-12-30/h6-9,20,23-24,26,39H,3-5,10-19H2,1-2H3,(H,31,36). The van der Waals surface area contributed by atoms with Gasteiger partial charge in [0.2, 0.25) is 5.91 Å². The van der Waals surface area contributed by atoms with Crippen LogP contribution in [0.2, 0.25) is 0 Å². The normalized spacial score (nSPS) is 25.2. The van der Waals surface area contributed by atoms with E-state index in [1.54, 1.807) is 17.0 Å². The molecule has 10 nitrogen and oxygen atoms in total. The number of likely N-dealkylation sites (tertiary alicyclic amines) is 2. The van der Waals surface area contributed by atoms with Gasteiger partial charge in [-0.1, -0.05) is 33.1 Å². The minimum absolute atomic E-state index is 0.0864. The fourth-order valence-electron chi connectivity index (χ4n) is 6.74. The van der Waals surface area contributed by atoms with Gasteiger partial charge in [0, 0.05) is 30.9 Å². The third kappa shape index (κ3) is 5.74. The maximum atomic E-state index is 13.8. The number of rotatable bonds is 7. The van der Waals surface area contributed by atoms with Gasteiger partial charge >= 0.3 is 0 Å². The molecule has 1 aromatic carbocycles. The summed E-state index contributed by atoms with van der Waals surface area (Å²) in [5.41, 5.74) is 0.0675. The Morgan fingerprint density at radius 2 is 1.70 bits per heavy atom. The topological polar surface area (TPSA) is 119 Å². The summed E-state index contributed by atoms with van der Waals surface area (Å²) in [6.45, 7) is 7.18. The summed E-state index contributed by atoms with van der Waals surface area (Å²) < 4.78 is 5.41. The van der Waals surface area contributed by atoms with Gasteiger partial charge in [0.25, 0.3) is 11.8 Å². The Bertz CT molecular complexity index is 1110. The minimum Gasteiger partial charge on any atom is -0.380 e. The monoisotopic (exact) mass is 554 g/mol. The van der Waals surface area contributed by atoms with Crippen molar-refractivity contribution in [1.29, 1.82) is 0 Å². The van der Waals surface area contributed by atoms with Crippen LogP contribution in [0.4, 0.5) is 5.69 Å². The van der Waals surface area contributed by atoms with Gasteiger partial charge in [0.1, 0.15) is 17.7 Å². The van der Waals surface area contributed by atoms with Crippen molar-refractivity contribution in [2.24, 2.45) is 5.92 Å². The van der Waals surface area contributed by atoms with E-state index in [9.17, 15) is 24.3 Å². The number of hydrogen-bond donors (Lipinski definition) is 2. The molecule has 1 aliphatic carbocycles. The summed E-state index contributed by atoms with van der Waals surface area (Å²) in [5, 5.41) is 14.0. The zero-order chi connectivity index (χ0) is 28.4. The van der Waals surface area contributed by atoms with Crippen molar-refractivity contribution in [3.8, 4) is 0 Å². The zero-order valence-corrected chi connectivity index (χ0v) is 23.6. The van der Waals surface area contributed by atoms with Crippen molar-refractivity contribution in [2.45, 2.75) is 82.5 Å².